The highest BCUT2D eigenvalue weighted by molar-refractivity contribution is 5.85. The van der Waals surface area contributed by atoms with Crippen molar-refractivity contribution in [2.75, 3.05) is 46.4 Å². The van der Waals surface area contributed by atoms with Crippen molar-refractivity contribution in [1.29, 1.82) is 5.26 Å². The number of nitriles is 1. The monoisotopic (exact) mass is 412 g/mol. The molecule has 8 heteroatoms. The fourth-order valence-electron chi connectivity index (χ4n) is 4.75. The number of rotatable bonds is 5. The Morgan fingerprint density at radius 2 is 2.00 bits per heavy atom. The summed E-state index contributed by atoms with van der Waals surface area (Å²) in [6.45, 7) is 4.78. The van der Waals surface area contributed by atoms with Crippen LogP contribution in [0, 0.1) is 16.7 Å². The van der Waals surface area contributed by atoms with Gasteiger partial charge in [0.05, 0.1) is 18.5 Å². The summed E-state index contributed by atoms with van der Waals surface area (Å²) in [6, 6.07) is 3.69. The maximum Gasteiger partial charge on any atom is 0.333 e. The van der Waals surface area contributed by atoms with E-state index in [0.717, 1.165) is 57.6 Å². The minimum atomic E-state index is -0.714. The number of aromatic nitrogens is 1. The van der Waals surface area contributed by atoms with Crippen LogP contribution in [0.1, 0.15) is 43.0 Å². The molecule has 1 aromatic rings. The van der Waals surface area contributed by atoms with Gasteiger partial charge in [0, 0.05) is 38.0 Å². The van der Waals surface area contributed by atoms with Gasteiger partial charge in [-0.15, -0.1) is 0 Å². The van der Waals surface area contributed by atoms with Gasteiger partial charge in [-0.05, 0) is 44.2 Å². The predicted molar refractivity (Wildman–Crippen MR) is 108 cm³/mol. The molecule has 0 bridgehead atoms. The summed E-state index contributed by atoms with van der Waals surface area (Å²) in [7, 11) is 1.51. The van der Waals surface area contributed by atoms with E-state index in [1.54, 1.807) is 12.1 Å². The van der Waals surface area contributed by atoms with Gasteiger partial charge in [0.2, 0.25) is 0 Å². The average molecular weight is 412 g/mol. The third-order valence-electron chi connectivity index (χ3n) is 6.79. The predicted octanol–water partition coefficient (Wildman–Crippen LogP) is 1.61. The number of ether oxygens (including phenoxy) is 2. The maximum atomic E-state index is 11.3. The molecule has 1 atom stereocenters. The summed E-state index contributed by atoms with van der Waals surface area (Å²) in [5.74, 6) is 0.210. The Morgan fingerprint density at radius 1 is 1.30 bits per heavy atom. The summed E-state index contributed by atoms with van der Waals surface area (Å²) >= 11 is 0. The fourth-order valence-corrected chi connectivity index (χ4v) is 4.75. The lowest BCUT2D eigenvalue weighted by atomic mass is 9.71. The lowest BCUT2D eigenvalue weighted by Gasteiger charge is -2.47. The summed E-state index contributed by atoms with van der Waals surface area (Å²) in [5.41, 5.74) is 2.27. The molecular weight excluding hydrogens is 384 g/mol. The molecule has 3 aliphatic heterocycles. The number of carbonyl (C=O) groups excluding carboxylic acids is 1. The highest BCUT2D eigenvalue weighted by atomic mass is 16.5. The first-order chi connectivity index (χ1) is 14.5. The molecule has 160 valence electrons. The second-order valence-electron chi connectivity index (χ2n) is 8.47. The lowest BCUT2D eigenvalue weighted by molar-refractivity contribution is -0.135. The lowest BCUT2D eigenvalue weighted by Crippen LogP contribution is -2.47. The van der Waals surface area contributed by atoms with Gasteiger partial charge in [-0.2, -0.15) is 5.26 Å². The molecule has 30 heavy (non-hydrogen) atoms. The second kappa shape index (κ2) is 8.62. The van der Waals surface area contributed by atoms with Gasteiger partial charge in [0.1, 0.15) is 30.1 Å². The zero-order valence-corrected chi connectivity index (χ0v) is 17.3. The zero-order valence-electron chi connectivity index (χ0n) is 17.3. The fraction of sp³-hybridized carbons (Fsp3) is 0.591. The number of aliphatic hydroxyl groups excluding tert-OH is 1. The molecule has 2 saturated heterocycles. The van der Waals surface area contributed by atoms with Crippen molar-refractivity contribution < 1.29 is 19.4 Å². The third-order valence-corrected chi connectivity index (χ3v) is 6.79. The van der Waals surface area contributed by atoms with E-state index < -0.39 is 6.10 Å². The van der Waals surface area contributed by atoms with Crippen LogP contribution in [0.15, 0.2) is 24.0 Å². The van der Waals surface area contributed by atoms with Crippen LogP contribution in [0.4, 0.5) is 0 Å². The topological polar surface area (TPSA) is 98.9 Å². The normalized spacial score (nSPS) is 22.4. The van der Waals surface area contributed by atoms with E-state index in [0.29, 0.717) is 35.6 Å². The molecule has 1 aromatic heterocycles. The van der Waals surface area contributed by atoms with E-state index in [2.05, 4.69) is 14.8 Å². The Kier molecular flexibility index (Phi) is 5.93. The van der Waals surface area contributed by atoms with Crippen molar-refractivity contribution in [2.45, 2.75) is 31.8 Å². The number of esters is 1. The standard InChI is InChI=1S/C22H28N4O4/c1-29-20-11-18(24-13-16(20)12-23)19(27)14-25-6-2-22(3-7-25)4-8-26(9-5-22)17-10-21(28)30-15-17/h10-11,13,19,27H,2-9,14-15H2,1H3/t19-/m0/s1. The van der Waals surface area contributed by atoms with Gasteiger partial charge in [-0.1, -0.05) is 0 Å². The molecule has 0 amide bonds. The summed E-state index contributed by atoms with van der Waals surface area (Å²) in [5, 5.41) is 19.7. The molecule has 0 saturated carbocycles. The van der Waals surface area contributed by atoms with Crippen LogP contribution in [0.5, 0.6) is 5.75 Å². The van der Waals surface area contributed by atoms with Crippen LogP contribution >= 0.6 is 0 Å². The number of likely N-dealkylation sites (tertiary alicyclic amines) is 2. The van der Waals surface area contributed by atoms with Gasteiger partial charge in [0.15, 0.2) is 0 Å². The first kappa shape index (κ1) is 20.6. The van der Waals surface area contributed by atoms with Crippen LogP contribution in [-0.2, 0) is 9.53 Å². The largest absolute Gasteiger partial charge is 0.495 e. The quantitative estimate of drug-likeness (QED) is 0.729. The van der Waals surface area contributed by atoms with Gasteiger partial charge < -0.3 is 24.4 Å². The Bertz CT molecular complexity index is 860. The molecule has 1 spiro atoms. The number of pyridine rings is 1. The molecular formula is C22H28N4O4. The van der Waals surface area contributed by atoms with E-state index >= 15 is 0 Å². The van der Waals surface area contributed by atoms with Crippen LogP contribution in [0.3, 0.4) is 0 Å². The van der Waals surface area contributed by atoms with Crippen LogP contribution in [-0.4, -0.2) is 72.3 Å². The maximum absolute atomic E-state index is 11.3. The Hall–Kier alpha value is -2.63. The SMILES string of the molecule is COc1cc([C@@H](O)CN2CCC3(CC2)CCN(C2=CC(=O)OC2)CC3)ncc1C#N. The van der Waals surface area contributed by atoms with Crippen molar-refractivity contribution in [1.82, 2.24) is 14.8 Å². The van der Waals surface area contributed by atoms with Crippen molar-refractivity contribution in [3.8, 4) is 11.8 Å². The summed E-state index contributed by atoms with van der Waals surface area (Å²) < 4.78 is 10.3. The Labute approximate surface area is 176 Å². The smallest absolute Gasteiger partial charge is 0.333 e. The van der Waals surface area contributed by atoms with E-state index in [4.69, 9.17) is 14.7 Å². The molecule has 0 radical (unpaired) electrons. The van der Waals surface area contributed by atoms with Gasteiger partial charge in [0.25, 0.3) is 0 Å². The molecule has 1 N–H and O–H groups in total. The molecule has 2 fully saturated rings. The number of nitrogens with zero attached hydrogens (tertiary/aromatic N) is 4. The Morgan fingerprint density at radius 3 is 2.60 bits per heavy atom. The van der Waals surface area contributed by atoms with E-state index in [-0.39, 0.29) is 5.97 Å². The van der Waals surface area contributed by atoms with Gasteiger partial charge >= 0.3 is 5.97 Å². The third kappa shape index (κ3) is 4.27. The molecule has 3 aliphatic rings. The first-order valence-electron chi connectivity index (χ1n) is 10.5. The molecule has 0 unspecified atom stereocenters. The number of cyclic esters (lactones) is 1. The van der Waals surface area contributed by atoms with Crippen molar-refractivity contribution in [3.63, 3.8) is 0 Å². The van der Waals surface area contributed by atoms with Gasteiger partial charge in [-0.25, -0.2) is 4.79 Å². The minimum Gasteiger partial charge on any atom is -0.495 e. The highest BCUT2D eigenvalue weighted by Gasteiger charge is 2.38. The number of β-amino-alcohol motifs (C(OH)–C–C–N with tert-alkyl or cyclic N) is 1. The molecule has 8 nitrogen and oxygen atoms in total. The number of methoxy groups -OCH3 is 1. The van der Waals surface area contributed by atoms with Crippen molar-refractivity contribution in [2.24, 2.45) is 5.41 Å². The highest BCUT2D eigenvalue weighted by Crippen LogP contribution is 2.42. The van der Waals surface area contributed by atoms with Crippen LogP contribution in [0.2, 0.25) is 0 Å². The summed E-state index contributed by atoms with van der Waals surface area (Å²) in [6.07, 6.45) is 6.85. The van der Waals surface area contributed by atoms with E-state index in [9.17, 15) is 9.90 Å². The van der Waals surface area contributed by atoms with Gasteiger partial charge in [-0.3, -0.25) is 4.98 Å². The minimum absolute atomic E-state index is 0.230. The number of hydrogen-bond acceptors (Lipinski definition) is 8. The first-order valence-corrected chi connectivity index (χ1v) is 10.5. The second-order valence-corrected chi connectivity index (χ2v) is 8.47. The van der Waals surface area contributed by atoms with E-state index in [1.807, 2.05) is 6.07 Å². The Balaban J connectivity index is 1.28. The van der Waals surface area contributed by atoms with Crippen LogP contribution in [0.25, 0.3) is 0 Å². The number of carbonyl (C=O) groups is 1. The number of aliphatic hydroxyl groups is 1. The zero-order chi connectivity index (χ0) is 21.1. The average Bonchev–Trinajstić information content (AvgIpc) is 3.21. The molecule has 0 aliphatic carbocycles. The molecule has 0 aromatic carbocycles. The van der Waals surface area contributed by atoms with Crippen molar-refractivity contribution >= 4 is 5.97 Å². The number of hydrogen-bond donors (Lipinski definition) is 1. The molecule has 4 rings (SSSR count). The summed E-state index contributed by atoms with van der Waals surface area (Å²) in [4.78, 5) is 20.1. The van der Waals surface area contributed by atoms with Crippen LogP contribution < -0.4 is 4.74 Å². The molecule has 4 heterocycles. The van der Waals surface area contributed by atoms with E-state index in [1.165, 1.54) is 13.3 Å². The van der Waals surface area contributed by atoms with Crippen molar-refractivity contribution in [3.05, 3.63) is 35.3 Å². The number of piperidine rings is 2.